The zero-order valence-corrected chi connectivity index (χ0v) is 6.83. The van der Waals surface area contributed by atoms with Crippen molar-refractivity contribution in [1.82, 2.24) is 0 Å². The SMILES string of the molecule is O=C(O)COP(=O)(O)O.O=[N+]([O-])O. The topological polar surface area (TPSA) is 167 Å². The Kier molecular flexibility index (Phi) is 6.95. The predicted molar refractivity (Wildman–Crippen MR) is 34.4 cm³/mol. The highest BCUT2D eigenvalue weighted by atomic mass is 31.2. The summed E-state index contributed by atoms with van der Waals surface area (Å²) < 4.78 is 13.3. The summed E-state index contributed by atoms with van der Waals surface area (Å²) in [6.07, 6.45) is 0. The molecule has 0 saturated heterocycles. The molecule has 0 amide bonds. The molecule has 13 heavy (non-hydrogen) atoms. The molecular weight excluding hydrogens is 213 g/mol. The lowest BCUT2D eigenvalue weighted by Crippen LogP contribution is -2.04. The van der Waals surface area contributed by atoms with Gasteiger partial charge in [-0.05, 0) is 0 Å². The number of aliphatic carboxylic acids is 1. The maximum atomic E-state index is 9.74. The molecule has 0 saturated carbocycles. The van der Waals surface area contributed by atoms with Crippen molar-refractivity contribution in [3.63, 3.8) is 0 Å². The van der Waals surface area contributed by atoms with E-state index in [-0.39, 0.29) is 0 Å². The first kappa shape index (κ1) is 14.3. The molecule has 0 aromatic carbocycles. The number of carboxylic acids is 1. The van der Waals surface area contributed by atoms with Crippen molar-refractivity contribution < 1.29 is 39.1 Å². The van der Waals surface area contributed by atoms with E-state index in [1.165, 1.54) is 0 Å². The van der Waals surface area contributed by atoms with Gasteiger partial charge in [-0.15, -0.1) is 10.1 Å². The summed E-state index contributed by atoms with van der Waals surface area (Å²) in [6, 6.07) is 0. The molecule has 78 valence electrons. The highest BCUT2D eigenvalue weighted by Crippen LogP contribution is 2.35. The van der Waals surface area contributed by atoms with Crippen LogP contribution in [0, 0.1) is 10.1 Å². The van der Waals surface area contributed by atoms with Gasteiger partial charge in [0, 0.05) is 0 Å². The third-order valence-electron chi connectivity index (χ3n) is 0.356. The van der Waals surface area contributed by atoms with Crippen molar-refractivity contribution in [2.45, 2.75) is 0 Å². The minimum atomic E-state index is -4.60. The van der Waals surface area contributed by atoms with Gasteiger partial charge in [-0.3, -0.25) is 4.52 Å². The third-order valence-corrected chi connectivity index (χ3v) is 0.822. The van der Waals surface area contributed by atoms with Crippen molar-refractivity contribution >= 4 is 13.8 Å². The quantitative estimate of drug-likeness (QED) is 0.259. The highest BCUT2D eigenvalue weighted by Gasteiger charge is 2.14. The van der Waals surface area contributed by atoms with E-state index < -0.39 is 25.5 Å². The van der Waals surface area contributed by atoms with Crippen molar-refractivity contribution in [3.8, 4) is 0 Å². The van der Waals surface area contributed by atoms with Gasteiger partial charge >= 0.3 is 13.8 Å². The number of nitrogens with zero attached hydrogens (tertiary/aromatic N) is 1. The van der Waals surface area contributed by atoms with Crippen molar-refractivity contribution in [2.75, 3.05) is 6.61 Å². The molecule has 0 spiro atoms. The molecule has 0 radical (unpaired) electrons. The third kappa shape index (κ3) is 36.4. The van der Waals surface area contributed by atoms with E-state index in [2.05, 4.69) is 4.52 Å². The first-order valence-corrected chi connectivity index (χ1v) is 3.93. The number of rotatable bonds is 3. The van der Waals surface area contributed by atoms with Crippen LogP contribution in [-0.2, 0) is 13.9 Å². The second kappa shape index (κ2) is 6.31. The van der Waals surface area contributed by atoms with Crippen LogP contribution in [0.5, 0.6) is 0 Å². The Bertz CT molecular complexity index is 214. The summed E-state index contributed by atoms with van der Waals surface area (Å²) >= 11 is 0. The second-order valence-corrected chi connectivity index (χ2v) is 2.63. The largest absolute Gasteiger partial charge is 0.480 e. The van der Waals surface area contributed by atoms with E-state index in [1.807, 2.05) is 0 Å². The summed E-state index contributed by atoms with van der Waals surface area (Å²) in [5.74, 6) is -1.42. The Balaban J connectivity index is 0. The normalized spacial score (nSPS) is 9.69. The zero-order chi connectivity index (χ0) is 11.1. The zero-order valence-electron chi connectivity index (χ0n) is 5.93. The van der Waals surface area contributed by atoms with Gasteiger partial charge in [-0.25, -0.2) is 9.36 Å². The number of phosphoric ester groups is 1. The minimum absolute atomic E-state index is 0.982. The lowest BCUT2D eigenvalue weighted by molar-refractivity contribution is -0.742. The second-order valence-electron chi connectivity index (χ2n) is 1.40. The van der Waals surface area contributed by atoms with Crippen LogP contribution in [0.1, 0.15) is 0 Å². The van der Waals surface area contributed by atoms with Crippen LogP contribution >= 0.6 is 7.82 Å². The van der Waals surface area contributed by atoms with Gasteiger partial charge in [0.25, 0.3) is 5.09 Å². The molecule has 0 heterocycles. The molecule has 4 N–H and O–H groups in total. The molecule has 0 aromatic heterocycles. The Morgan fingerprint density at radius 1 is 1.54 bits per heavy atom. The lowest BCUT2D eigenvalue weighted by Gasteiger charge is -1.99. The van der Waals surface area contributed by atoms with Gasteiger partial charge in [-0.1, -0.05) is 0 Å². The van der Waals surface area contributed by atoms with Crippen molar-refractivity contribution in [3.05, 3.63) is 10.1 Å². The molecule has 0 aliphatic rings. The molecule has 10 nitrogen and oxygen atoms in total. The van der Waals surface area contributed by atoms with E-state index in [0.29, 0.717) is 0 Å². The summed E-state index contributed by atoms with van der Waals surface area (Å²) in [7, 11) is -4.60. The molecule has 0 fully saturated rings. The fourth-order valence-corrected chi connectivity index (χ4v) is 0.418. The molecule has 0 aromatic rings. The summed E-state index contributed by atoms with van der Waals surface area (Å²) in [6.45, 7) is -0.982. The molecular formula is C2H6NO9P. The minimum Gasteiger partial charge on any atom is -0.480 e. The number of hydrogen-bond acceptors (Lipinski definition) is 5. The van der Waals surface area contributed by atoms with Crippen LogP contribution in [0.2, 0.25) is 0 Å². The van der Waals surface area contributed by atoms with Gasteiger partial charge < -0.3 is 20.1 Å². The van der Waals surface area contributed by atoms with Gasteiger partial charge in [-0.2, -0.15) is 0 Å². The van der Waals surface area contributed by atoms with E-state index >= 15 is 0 Å². The van der Waals surface area contributed by atoms with Crippen molar-refractivity contribution in [2.24, 2.45) is 0 Å². The lowest BCUT2D eigenvalue weighted by atomic mass is 10.8. The number of phosphoric acid groups is 1. The Morgan fingerprint density at radius 2 is 1.85 bits per heavy atom. The molecule has 0 aliphatic heterocycles. The average Bonchev–Trinajstić information content (AvgIpc) is 1.80. The molecule has 11 heteroatoms. The standard InChI is InChI=1S/C2H5O6P.HNO3/c3-2(4)1-8-9(5,6)7;2-1(3)4/h1H2,(H,3,4)(H2,5,6,7);(H,2,3,4). The van der Waals surface area contributed by atoms with E-state index in [1.54, 1.807) is 0 Å². The molecule has 0 aliphatic carbocycles. The summed E-state index contributed by atoms with van der Waals surface area (Å²) in [5, 5.41) is 21.4. The molecule has 0 unspecified atom stereocenters. The van der Waals surface area contributed by atoms with Crippen LogP contribution in [0.25, 0.3) is 0 Å². The van der Waals surface area contributed by atoms with Gasteiger partial charge in [0.2, 0.25) is 0 Å². The highest BCUT2D eigenvalue weighted by molar-refractivity contribution is 7.46. The Labute approximate surface area is 70.7 Å². The molecule has 0 bridgehead atoms. The molecule has 0 atom stereocenters. The number of carbonyl (C=O) groups is 1. The Morgan fingerprint density at radius 3 is 1.92 bits per heavy atom. The maximum Gasteiger partial charge on any atom is 0.470 e. The predicted octanol–water partition coefficient (Wildman–Crippen LogP) is -1.17. The van der Waals surface area contributed by atoms with E-state index in [0.717, 1.165) is 0 Å². The fourth-order valence-electron chi connectivity index (χ4n) is 0.139. The average molecular weight is 219 g/mol. The van der Waals surface area contributed by atoms with Crippen LogP contribution in [0.15, 0.2) is 0 Å². The summed E-state index contributed by atoms with van der Waals surface area (Å²) in [5.41, 5.74) is 0. The first-order chi connectivity index (χ1) is 5.65. The van der Waals surface area contributed by atoms with Gasteiger partial charge in [0.05, 0.1) is 0 Å². The van der Waals surface area contributed by atoms with E-state index in [4.69, 9.17) is 30.2 Å². The van der Waals surface area contributed by atoms with Gasteiger partial charge in [0.1, 0.15) is 0 Å². The Hall–Kier alpha value is -1.22. The smallest absolute Gasteiger partial charge is 0.470 e. The van der Waals surface area contributed by atoms with E-state index in [9.17, 15) is 9.36 Å². The first-order valence-electron chi connectivity index (χ1n) is 2.40. The molecule has 0 rings (SSSR count). The number of hydrogen-bond donors (Lipinski definition) is 4. The maximum absolute atomic E-state index is 9.74. The van der Waals surface area contributed by atoms with Crippen LogP contribution in [0.4, 0.5) is 0 Å². The van der Waals surface area contributed by atoms with Crippen LogP contribution < -0.4 is 0 Å². The van der Waals surface area contributed by atoms with Crippen LogP contribution in [-0.4, -0.2) is 37.8 Å². The summed E-state index contributed by atoms with van der Waals surface area (Å²) in [4.78, 5) is 33.7. The fraction of sp³-hybridized carbons (Fsp3) is 0.500. The van der Waals surface area contributed by atoms with Crippen LogP contribution in [0.3, 0.4) is 0 Å². The monoisotopic (exact) mass is 219 g/mol. The van der Waals surface area contributed by atoms with Gasteiger partial charge in [0.15, 0.2) is 6.61 Å². The number of carboxylic acid groups (broad SMARTS) is 1. The van der Waals surface area contributed by atoms with Crippen molar-refractivity contribution in [1.29, 1.82) is 0 Å².